The summed E-state index contributed by atoms with van der Waals surface area (Å²) in [4.78, 5) is 37.3. The Labute approximate surface area is 224 Å². The van der Waals surface area contributed by atoms with Crippen molar-refractivity contribution in [2.24, 2.45) is 5.92 Å². The van der Waals surface area contributed by atoms with Gasteiger partial charge in [0, 0.05) is 51.2 Å². The largest absolute Gasteiger partial charge is 0.481 e. The summed E-state index contributed by atoms with van der Waals surface area (Å²) in [6, 6.07) is 9.71. The molecule has 1 aliphatic rings. The van der Waals surface area contributed by atoms with Crippen molar-refractivity contribution in [3.05, 3.63) is 70.5 Å². The molecule has 0 heterocycles. The molecule has 4 unspecified atom stereocenters. The van der Waals surface area contributed by atoms with E-state index in [2.05, 4.69) is 5.32 Å². The quantitative estimate of drug-likeness (QED) is 0.383. The molecule has 2 aromatic rings. The third-order valence-corrected chi connectivity index (χ3v) is 8.00. The van der Waals surface area contributed by atoms with Crippen LogP contribution in [0.3, 0.4) is 0 Å². The Balaban J connectivity index is 1.99. The Morgan fingerprint density at radius 1 is 1.00 bits per heavy atom. The van der Waals surface area contributed by atoms with Gasteiger partial charge in [-0.15, -0.1) is 0 Å². The highest BCUT2D eigenvalue weighted by Crippen LogP contribution is 2.46. The van der Waals surface area contributed by atoms with Gasteiger partial charge in [-0.2, -0.15) is 0 Å². The summed E-state index contributed by atoms with van der Waals surface area (Å²) in [5, 5.41) is 21.8. The molecule has 8 nitrogen and oxygen atoms in total. The number of rotatable bonds is 11. The first-order valence-electron chi connectivity index (χ1n) is 11.6. The molecule has 3 rings (SSSR count). The lowest BCUT2D eigenvalue weighted by Gasteiger charge is -2.19. The van der Waals surface area contributed by atoms with Gasteiger partial charge in [-0.25, -0.2) is 9.18 Å². The molecule has 11 heteroatoms. The lowest BCUT2D eigenvalue weighted by atomic mass is 9.89. The summed E-state index contributed by atoms with van der Waals surface area (Å²) in [6.45, 7) is 1.69. The monoisotopic (exact) mass is 561 g/mol. The van der Waals surface area contributed by atoms with Crippen LogP contribution >= 0.6 is 0 Å². The molecule has 0 spiro atoms. The van der Waals surface area contributed by atoms with Crippen molar-refractivity contribution in [2.45, 2.75) is 30.7 Å². The van der Waals surface area contributed by atoms with Crippen molar-refractivity contribution < 1.29 is 37.4 Å². The van der Waals surface area contributed by atoms with Crippen molar-refractivity contribution in [1.29, 1.82) is 0 Å². The summed E-state index contributed by atoms with van der Waals surface area (Å²) in [5.41, 5.74) is 3.17. The van der Waals surface area contributed by atoms with Gasteiger partial charge >= 0.3 is 11.9 Å². The van der Waals surface area contributed by atoms with E-state index in [0.717, 1.165) is 5.56 Å². The number of carbonyl (C=O) groups is 3. The van der Waals surface area contributed by atoms with Crippen LogP contribution in [0, 0.1) is 11.7 Å². The SMILES string of the molecule is CC1=C(C(CC(=O)NC(CCS(C)=O)C(=O)O)C(=O)O)c2cc(F)ccc2C1=Cc1ccc(S(C)=O)cc1. The molecular weight excluding hydrogens is 533 g/mol. The van der Waals surface area contributed by atoms with Crippen LogP contribution < -0.4 is 5.32 Å². The number of halogens is 1. The fourth-order valence-corrected chi connectivity index (χ4v) is 5.46. The van der Waals surface area contributed by atoms with E-state index >= 15 is 0 Å². The topological polar surface area (TPSA) is 138 Å². The lowest BCUT2D eigenvalue weighted by Crippen LogP contribution is -2.42. The number of fused-ring (bicyclic) bond motifs is 1. The summed E-state index contributed by atoms with van der Waals surface area (Å²) in [7, 11) is -2.42. The zero-order valence-corrected chi connectivity index (χ0v) is 22.7. The average molecular weight is 562 g/mol. The second-order valence-corrected chi connectivity index (χ2v) is 11.9. The van der Waals surface area contributed by atoms with Crippen LogP contribution in [0.2, 0.25) is 0 Å². The van der Waals surface area contributed by atoms with Crippen LogP contribution in [0.1, 0.15) is 36.5 Å². The molecule has 0 radical (unpaired) electrons. The first kappa shape index (κ1) is 29.1. The average Bonchev–Trinajstić information content (AvgIpc) is 3.10. The van der Waals surface area contributed by atoms with Gasteiger partial charge < -0.3 is 15.5 Å². The maximum Gasteiger partial charge on any atom is 0.326 e. The van der Waals surface area contributed by atoms with Crippen molar-refractivity contribution in [3.63, 3.8) is 0 Å². The molecule has 38 heavy (non-hydrogen) atoms. The number of aliphatic carboxylic acids is 2. The van der Waals surface area contributed by atoms with E-state index in [9.17, 15) is 37.4 Å². The normalized spacial score (nSPS) is 17.0. The van der Waals surface area contributed by atoms with Gasteiger partial charge in [0.25, 0.3) is 0 Å². The summed E-state index contributed by atoms with van der Waals surface area (Å²) in [6.07, 6.45) is 4.15. The first-order valence-corrected chi connectivity index (χ1v) is 14.9. The Morgan fingerprint density at radius 2 is 1.66 bits per heavy atom. The zero-order chi connectivity index (χ0) is 28.1. The van der Waals surface area contributed by atoms with Crippen LogP contribution in [-0.2, 0) is 36.0 Å². The van der Waals surface area contributed by atoms with Crippen molar-refractivity contribution >= 4 is 56.7 Å². The minimum absolute atomic E-state index is 0.0554. The lowest BCUT2D eigenvalue weighted by molar-refractivity contribution is -0.143. The van der Waals surface area contributed by atoms with Crippen molar-refractivity contribution in [2.75, 3.05) is 18.3 Å². The van der Waals surface area contributed by atoms with Gasteiger partial charge in [-0.05, 0) is 77.1 Å². The van der Waals surface area contributed by atoms with Crippen molar-refractivity contribution in [3.8, 4) is 0 Å². The molecule has 202 valence electrons. The van der Waals surface area contributed by atoms with Gasteiger partial charge in [-0.3, -0.25) is 18.0 Å². The number of carboxylic acid groups (broad SMARTS) is 2. The minimum Gasteiger partial charge on any atom is -0.481 e. The van der Waals surface area contributed by atoms with Crippen LogP contribution in [-0.4, -0.2) is 60.8 Å². The van der Waals surface area contributed by atoms with E-state index in [1.54, 1.807) is 43.5 Å². The number of carboxylic acids is 2. The van der Waals surface area contributed by atoms with Gasteiger partial charge in [-0.1, -0.05) is 18.2 Å². The van der Waals surface area contributed by atoms with Crippen LogP contribution in [0.15, 0.2) is 52.9 Å². The molecule has 1 amide bonds. The highest BCUT2D eigenvalue weighted by Gasteiger charge is 2.35. The molecule has 0 aromatic heterocycles. The van der Waals surface area contributed by atoms with Crippen LogP contribution in [0.4, 0.5) is 4.39 Å². The molecule has 0 fully saturated rings. The van der Waals surface area contributed by atoms with Gasteiger partial charge in [0.2, 0.25) is 5.91 Å². The Bertz CT molecular complexity index is 1380. The summed E-state index contributed by atoms with van der Waals surface area (Å²) < 4.78 is 37.4. The van der Waals surface area contributed by atoms with Gasteiger partial charge in [0.1, 0.15) is 11.9 Å². The number of carbonyl (C=O) groups excluding carboxylic acids is 1. The number of hydrogen-bond donors (Lipinski definition) is 3. The molecule has 0 aliphatic heterocycles. The molecule has 0 bridgehead atoms. The number of nitrogens with one attached hydrogen (secondary N) is 1. The highest BCUT2D eigenvalue weighted by atomic mass is 32.2. The third kappa shape index (κ3) is 6.90. The molecule has 4 atom stereocenters. The number of hydrogen-bond acceptors (Lipinski definition) is 5. The smallest absolute Gasteiger partial charge is 0.326 e. The zero-order valence-electron chi connectivity index (χ0n) is 21.0. The second kappa shape index (κ2) is 12.4. The van der Waals surface area contributed by atoms with Gasteiger partial charge in [0.15, 0.2) is 0 Å². The van der Waals surface area contributed by atoms with Gasteiger partial charge in [0.05, 0.1) is 5.92 Å². The Hall–Kier alpha value is -3.44. The molecule has 2 aromatic carbocycles. The second-order valence-electron chi connectivity index (χ2n) is 8.93. The predicted molar refractivity (Wildman–Crippen MR) is 144 cm³/mol. The molecule has 1 aliphatic carbocycles. The Kier molecular flexibility index (Phi) is 9.50. The number of benzene rings is 2. The highest BCUT2D eigenvalue weighted by molar-refractivity contribution is 7.84. The van der Waals surface area contributed by atoms with E-state index in [1.165, 1.54) is 18.4 Å². The van der Waals surface area contributed by atoms with Crippen LogP contribution in [0.5, 0.6) is 0 Å². The molecule has 0 saturated heterocycles. The third-order valence-electron chi connectivity index (χ3n) is 6.26. The fourth-order valence-electron chi connectivity index (χ4n) is 4.37. The predicted octanol–water partition coefficient (Wildman–Crippen LogP) is 3.32. The van der Waals surface area contributed by atoms with E-state index in [1.807, 2.05) is 6.08 Å². The fraction of sp³-hybridized carbons (Fsp3) is 0.296. The van der Waals surface area contributed by atoms with E-state index in [-0.39, 0.29) is 17.7 Å². The van der Waals surface area contributed by atoms with Crippen molar-refractivity contribution in [1.82, 2.24) is 5.32 Å². The maximum atomic E-state index is 14.3. The van der Waals surface area contributed by atoms with E-state index in [4.69, 9.17) is 0 Å². The maximum absolute atomic E-state index is 14.3. The summed E-state index contributed by atoms with van der Waals surface area (Å²) in [5.74, 6) is -5.33. The Morgan fingerprint density at radius 3 is 2.21 bits per heavy atom. The van der Waals surface area contributed by atoms with Crippen LogP contribution in [0.25, 0.3) is 17.2 Å². The molecule has 0 saturated carbocycles. The van der Waals surface area contributed by atoms with E-state index < -0.39 is 63.6 Å². The number of amides is 1. The standard InChI is InChI=1S/C27H28FNO7S2/c1-15-20(12-16-4-7-18(8-5-16)38(3)36)19-9-6-17(28)13-21(19)25(15)22(26(31)32)14-24(30)29-23(27(33)34)10-11-37(2)35/h4-9,12-13,22-23H,10-11,14H2,1-3H3,(H,29,30)(H,31,32)(H,33,34). The molecular formula is C27H28FNO7S2. The van der Waals surface area contributed by atoms with E-state index in [0.29, 0.717) is 27.2 Å². The summed E-state index contributed by atoms with van der Waals surface area (Å²) >= 11 is 0. The number of allylic oxidation sites excluding steroid dienone is 2. The minimum atomic E-state index is -1.37. The molecule has 3 N–H and O–H groups in total. The first-order chi connectivity index (χ1) is 17.9.